The fraction of sp³-hybridized carbons (Fsp3) is 0.0909. The fourth-order valence-corrected chi connectivity index (χ4v) is 2.91. The summed E-state index contributed by atoms with van der Waals surface area (Å²) in [4.78, 5) is 2.55. The molecular formula is C11H7Cl3FNO2S. The Kier molecular flexibility index (Phi) is 3.84. The molecule has 0 amide bonds. The lowest BCUT2D eigenvalue weighted by Crippen LogP contribution is -2.21. The fourth-order valence-electron chi connectivity index (χ4n) is 1.48. The molecule has 102 valence electrons. The molecule has 1 heterocycles. The Hall–Kier alpha value is -0.750. The largest absolute Gasteiger partial charge is 0.363 e. The summed E-state index contributed by atoms with van der Waals surface area (Å²) in [6.07, 6.45) is 0. The number of benzene rings is 1. The van der Waals surface area contributed by atoms with E-state index in [4.69, 9.17) is 34.8 Å². The van der Waals surface area contributed by atoms with Crippen LogP contribution in [0.15, 0.2) is 41.4 Å². The Balaban J connectivity index is 2.46. The number of rotatable bonds is 3. The van der Waals surface area contributed by atoms with E-state index in [1.807, 2.05) is 0 Å². The lowest BCUT2D eigenvalue weighted by Gasteiger charge is -2.08. The maximum Gasteiger partial charge on any atom is 0.363 e. The average molecular weight is 343 g/mol. The first kappa shape index (κ1) is 14.7. The number of nitrogens with one attached hydrogen (secondary N) is 1. The molecular weight excluding hydrogens is 336 g/mol. The molecule has 3 nitrogen and oxygen atoms in total. The number of alkyl halides is 3. The van der Waals surface area contributed by atoms with Gasteiger partial charge in [0.15, 0.2) is 0 Å². The Morgan fingerprint density at radius 1 is 1.16 bits per heavy atom. The summed E-state index contributed by atoms with van der Waals surface area (Å²) >= 11 is 15.8. The maximum absolute atomic E-state index is 13.2. The molecule has 0 aliphatic carbocycles. The number of H-pyrrole nitrogens is 1. The quantitative estimate of drug-likeness (QED) is 0.851. The normalized spacial score (nSPS) is 12.6. The minimum atomic E-state index is -4.50. The van der Waals surface area contributed by atoms with E-state index in [2.05, 4.69) is 4.98 Å². The molecule has 19 heavy (non-hydrogen) atoms. The van der Waals surface area contributed by atoms with E-state index in [1.54, 1.807) is 24.3 Å². The van der Waals surface area contributed by atoms with Gasteiger partial charge >= 0.3 is 3.92 Å². The van der Waals surface area contributed by atoms with Crippen LogP contribution in [-0.4, -0.2) is 17.3 Å². The lowest BCUT2D eigenvalue weighted by molar-refractivity contribution is 0.468. The van der Waals surface area contributed by atoms with Crippen LogP contribution in [0.5, 0.6) is 0 Å². The van der Waals surface area contributed by atoms with E-state index in [0.29, 0.717) is 16.3 Å². The van der Waals surface area contributed by atoms with Crippen molar-refractivity contribution in [2.24, 2.45) is 0 Å². The van der Waals surface area contributed by atoms with Crippen LogP contribution in [0, 0.1) is 0 Å². The molecule has 1 N–H and O–H groups in total. The topological polar surface area (TPSA) is 49.9 Å². The molecule has 0 atom stereocenters. The standard InChI is InChI=1S/C11H7Cl3FNO2S/c12-8-3-1-2-7(6-8)9-4-5-10(16-9)19(17,18)11(13,14)15/h1-6,16H. The smallest absolute Gasteiger partial charge is 0.345 e. The van der Waals surface area contributed by atoms with Crippen LogP contribution in [-0.2, 0) is 9.84 Å². The summed E-state index contributed by atoms with van der Waals surface area (Å²) in [6.45, 7) is 0. The van der Waals surface area contributed by atoms with Gasteiger partial charge in [0.05, 0.1) is 0 Å². The zero-order chi connectivity index (χ0) is 14.3. The van der Waals surface area contributed by atoms with Gasteiger partial charge in [0, 0.05) is 10.7 Å². The summed E-state index contributed by atoms with van der Waals surface area (Å²) in [6, 6.07) is 9.39. The molecule has 0 bridgehead atoms. The molecule has 1 aromatic heterocycles. The highest BCUT2D eigenvalue weighted by atomic mass is 35.5. The summed E-state index contributed by atoms with van der Waals surface area (Å²) in [5, 5.41) is 0.0843. The zero-order valence-corrected chi connectivity index (χ0v) is 12.3. The minimum Gasteiger partial charge on any atom is -0.345 e. The molecule has 0 unspecified atom stereocenters. The zero-order valence-electron chi connectivity index (χ0n) is 9.20. The third-order valence-corrected chi connectivity index (χ3v) is 5.27. The van der Waals surface area contributed by atoms with Gasteiger partial charge in [-0.2, -0.15) is 4.39 Å². The van der Waals surface area contributed by atoms with E-state index in [1.165, 1.54) is 12.1 Å². The van der Waals surface area contributed by atoms with Gasteiger partial charge in [-0.3, -0.25) is 0 Å². The Labute approximate surface area is 124 Å². The number of hydrogen-bond acceptors (Lipinski definition) is 2. The van der Waals surface area contributed by atoms with Crippen LogP contribution in [0.2, 0.25) is 5.02 Å². The molecule has 0 fully saturated rings. The van der Waals surface area contributed by atoms with Crippen molar-refractivity contribution in [1.82, 2.24) is 4.98 Å². The minimum absolute atomic E-state index is 0.407. The summed E-state index contributed by atoms with van der Waals surface area (Å²) < 4.78 is 33.2. The molecule has 1 aromatic carbocycles. The van der Waals surface area contributed by atoms with Gasteiger partial charge in [-0.05, 0) is 53.0 Å². The third kappa shape index (κ3) is 2.89. The highest BCUT2D eigenvalue weighted by Crippen LogP contribution is 2.35. The van der Waals surface area contributed by atoms with Crippen molar-refractivity contribution < 1.29 is 12.8 Å². The number of sulfone groups is 1. The second kappa shape index (κ2) is 4.98. The van der Waals surface area contributed by atoms with Crippen molar-refractivity contribution in [3.63, 3.8) is 0 Å². The van der Waals surface area contributed by atoms with Crippen molar-refractivity contribution in [3.05, 3.63) is 41.4 Å². The van der Waals surface area contributed by atoms with Crippen molar-refractivity contribution in [2.75, 3.05) is 0 Å². The first-order chi connectivity index (χ1) is 8.72. The maximum atomic E-state index is 13.2. The van der Waals surface area contributed by atoms with Crippen molar-refractivity contribution in [1.29, 1.82) is 0 Å². The van der Waals surface area contributed by atoms with Crippen LogP contribution >= 0.6 is 34.8 Å². The van der Waals surface area contributed by atoms with Gasteiger partial charge in [-0.1, -0.05) is 23.7 Å². The average Bonchev–Trinajstić information content (AvgIpc) is 2.77. The molecule has 0 aliphatic rings. The lowest BCUT2D eigenvalue weighted by atomic mass is 10.2. The molecule has 0 spiro atoms. The van der Waals surface area contributed by atoms with Crippen LogP contribution in [0.4, 0.5) is 4.39 Å². The predicted octanol–water partition coefficient (Wildman–Crippen LogP) is 4.17. The summed E-state index contributed by atoms with van der Waals surface area (Å²) in [7, 11) is -4.50. The highest BCUT2D eigenvalue weighted by molar-refractivity contribution is 7.95. The molecule has 0 radical (unpaired) electrons. The molecule has 8 heteroatoms. The van der Waals surface area contributed by atoms with E-state index in [-0.39, 0.29) is 0 Å². The molecule has 0 aliphatic heterocycles. The molecule has 0 saturated heterocycles. The Morgan fingerprint density at radius 2 is 1.84 bits per heavy atom. The van der Waals surface area contributed by atoms with Crippen LogP contribution in [0.25, 0.3) is 11.3 Å². The summed E-state index contributed by atoms with van der Waals surface area (Å²) in [5.74, 6) is 0. The Bertz CT molecular complexity index is 707. The SMILES string of the molecule is O=S(=O)(c1ccc(-c2cccc(Cl)c2)[nH]1)C(F)(Cl)Cl. The first-order valence-corrected chi connectivity index (χ1v) is 7.60. The Morgan fingerprint density at radius 3 is 2.42 bits per heavy atom. The van der Waals surface area contributed by atoms with E-state index < -0.39 is 18.8 Å². The molecule has 2 aromatic rings. The number of halogens is 4. The van der Waals surface area contributed by atoms with Crippen LogP contribution in [0.1, 0.15) is 0 Å². The van der Waals surface area contributed by atoms with Gasteiger partial charge < -0.3 is 4.98 Å². The van der Waals surface area contributed by atoms with Crippen molar-refractivity contribution >= 4 is 44.6 Å². The van der Waals surface area contributed by atoms with Gasteiger partial charge in [0.1, 0.15) is 5.03 Å². The summed E-state index contributed by atoms with van der Waals surface area (Å²) in [5.41, 5.74) is 1.11. The number of hydrogen-bond donors (Lipinski definition) is 1. The number of aromatic nitrogens is 1. The van der Waals surface area contributed by atoms with Crippen LogP contribution < -0.4 is 0 Å². The highest BCUT2D eigenvalue weighted by Gasteiger charge is 2.42. The van der Waals surface area contributed by atoms with E-state index in [0.717, 1.165) is 0 Å². The van der Waals surface area contributed by atoms with Crippen LogP contribution in [0.3, 0.4) is 0 Å². The van der Waals surface area contributed by atoms with Crippen molar-refractivity contribution in [2.45, 2.75) is 8.95 Å². The second-order valence-electron chi connectivity index (χ2n) is 3.70. The second-order valence-corrected chi connectivity index (χ2v) is 7.82. The molecule has 2 rings (SSSR count). The van der Waals surface area contributed by atoms with Gasteiger partial charge in [-0.15, -0.1) is 0 Å². The van der Waals surface area contributed by atoms with E-state index >= 15 is 0 Å². The monoisotopic (exact) mass is 341 g/mol. The number of aromatic amines is 1. The van der Waals surface area contributed by atoms with Gasteiger partial charge in [0.25, 0.3) is 9.84 Å². The predicted molar refractivity (Wildman–Crippen MR) is 74.0 cm³/mol. The van der Waals surface area contributed by atoms with E-state index in [9.17, 15) is 12.8 Å². The molecule has 0 saturated carbocycles. The first-order valence-electron chi connectivity index (χ1n) is 4.98. The van der Waals surface area contributed by atoms with Gasteiger partial charge in [0.2, 0.25) is 0 Å². The van der Waals surface area contributed by atoms with Crippen molar-refractivity contribution in [3.8, 4) is 11.3 Å². The third-order valence-electron chi connectivity index (χ3n) is 2.39. The van der Waals surface area contributed by atoms with Gasteiger partial charge in [-0.25, -0.2) is 8.42 Å².